The van der Waals surface area contributed by atoms with E-state index in [1.165, 1.54) is 0 Å². The van der Waals surface area contributed by atoms with Crippen LogP contribution in [0.4, 0.5) is 0 Å². The van der Waals surface area contributed by atoms with E-state index in [9.17, 15) is 0 Å². The Kier molecular flexibility index (Phi) is 6.59. The fourth-order valence-corrected chi connectivity index (χ4v) is 3.03. The molecule has 0 unspecified atom stereocenters. The minimum Gasteiger partial charge on any atom is -0.495 e. The number of ether oxygens (including phenoxy) is 1. The van der Waals surface area contributed by atoms with Gasteiger partial charge in [0.25, 0.3) is 0 Å². The Morgan fingerprint density at radius 2 is 1.90 bits per heavy atom. The number of nitrogens with one attached hydrogen (secondary N) is 1. The molecule has 1 rings (SSSR count). The molecule has 0 heterocycles. The zero-order valence-corrected chi connectivity index (χ0v) is 14.4. The first-order chi connectivity index (χ1) is 9.25. The van der Waals surface area contributed by atoms with Crippen molar-refractivity contribution >= 4 is 23.2 Å². The molecule has 0 amide bonds. The van der Waals surface area contributed by atoms with Gasteiger partial charge in [0.05, 0.1) is 12.1 Å². The summed E-state index contributed by atoms with van der Waals surface area (Å²) in [7, 11) is 5.79. The van der Waals surface area contributed by atoms with Crippen LogP contribution in [-0.2, 0) is 6.54 Å². The van der Waals surface area contributed by atoms with Gasteiger partial charge in [-0.1, -0.05) is 37.0 Å². The highest BCUT2D eigenvalue weighted by Gasteiger charge is 2.18. The number of methoxy groups -OCH3 is 1. The summed E-state index contributed by atoms with van der Waals surface area (Å²) in [5.74, 6) is 0.689. The average Bonchev–Trinajstić information content (AvgIpc) is 2.26. The van der Waals surface area contributed by atoms with Crippen LogP contribution in [0.5, 0.6) is 5.75 Å². The van der Waals surface area contributed by atoms with Gasteiger partial charge in [-0.15, -0.1) is 0 Å². The summed E-state index contributed by atoms with van der Waals surface area (Å²) >= 11 is 12.2. The van der Waals surface area contributed by atoms with Crippen LogP contribution in [0.2, 0.25) is 10.0 Å². The van der Waals surface area contributed by atoms with Crippen LogP contribution in [0.1, 0.15) is 19.4 Å². The van der Waals surface area contributed by atoms with Gasteiger partial charge in [0.2, 0.25) is 0 Å². The van der Waals surface area contributed by atoms with Crippen LogP contribution in [0, 0.1) is 5.41 Å². The molecule has 0 aliphatic carbocycles. The molecule has 0 radical (unpaired) electrons. The van der Waals surface area contributed by atoms with Crippen molar-refractivity contribution in [3.63, 3.8) is 0 Å². The van der Waals surface area contributed by atoms with Crippen LogP contribution in [-0.4, -0.2) is 39.2 Å². The maximum atomic E-state index is 6.13. The van der Waals surface area contributed by atoms with Gasteiger partial charge < -0.3 is 15.0 Å². The molecule has 0 saturated heterocycles. The molecule has 3 nitrogen and oxygen atoms in total. The second kappa shape index (κ2) is 7.51. The van der Waals surface area contributed by atoms with Crippen LogP contribution in [0.3, 0.4) is 0 Å². The summed E-state index contributed by atoms with van der Waals surface area (Å²) in [6, 6.07) is 3.58. The van der Waals surface area contributed by atoms with E-state index in [0.29, 0.717) is 22.3 Å². The van der Waals surface area contributed by atoms with Crippen LogP contribution in [0.25, 0.3) is 0 Å². The molecule has 0 spiro atoms. The Balaban J connectivity index is 2.66. The number of hydrogen-bond acceptors (Lipinski definition) is 3. The van der Waals surface area contributed by atoms with E-state index in [1.54, 1.807) is 13.2 Å². The third-order valence-corrected chi connectivity index (χ3v) is 3.45. The zero-order valence-electron chi connectivity index (χ0n) is 12.9. The number of rotatable bonds is 7. The van der Waals surface area contributed by atoms with Gasteiger partial charge >= 0.3 is 0 Å². The lowest BCUT2D eigenvalue weighted by molar-refractivity contribution is 0.232. The van der Waals surface area contributed by atoms with Gasteiger partial charge in [-0.25, -0.2) is 0 Å². The Bertz CT molecular complexity index is 448. The highest BCUT2D eigenvalue weighted by molar-refractivity contribution is 6.35. The number of benzene rings is 1. The first-order valence-corrected chi connectivity index (χ1v) is 7.38. The molecular weight excluding hydrogens is 295 g/mol. The van der Waals surface area contributed by atoms with Crippen molar-refractivity contribution in [2.24, 2.45) is 5.41 Å². The third kappa shape index (κ3) is 5.49. The van der Waals surface area contributed by atoms with Crippen LogP contribution < -0.4 is 10.1 Å². The lowest BCUT2D eigenvalue weighted by atomic mass is 9.93. The fraction of sp³-hybridized carbons (Fsp3) is 0.600. The Hall–Kier alpha value is -0.480. The van der Waals surface area contributed by atoms with E-state index in [4.69, 9.17) is 27.9 Å². The van der Waals surface area contributed by atoms with Crippen molar-refractivity contribution < 1.29 is 4.74 Å². The Morgan fingerprint density at radius 1 is 1.25 bits per heavy atom. The minimum absolute atomic E-state index is 0.194. The van der Waals surface area contributed by atoms with E-state index in [2.05, 4.69) is 38.2 Å². The molecule has 0 bridgehead atoms. The zero-order chi connectivity index (χ0) is 15.3. The first-order valence-electron chi connectivity index (χ1n) is 6.62. The van der Waals surface area contributed by atoms with Gasteiger partial charge in [0, 0.05) is 30.2 Å². The third-order valence-electron chi connectivity index (χ3n) is 2.95. The molecule has 1 aromatic carbocycles. The molecule has 0 aliphatic rings. The predicted molar refractivity (Wildman–Crippen MR) is 87.1 cm³/mol. The summed E-state index contributed by atoms with van der Waals surface area (Å²) in [5, 5.41) is 4.62. The van der Waals surface area contributed by atoms with Crippen molar-refractivity contribution in [2.75, 3.05) is 34.3 Å². The summed E-state index contributed by atoms with van der Waals surface area (Å²) in [4.78, 5) is 2.19. The van der Waals surface area contributed by atoms with E-state index in [-0.39, 0.29) is 5.41 Å². The fourth-order valence-electron chi connectivity index (χ4n) is 2.42. The Labute approximate surface area is 132 Å². The van der Waals surface area contributed by atoms with Crippen molar-refractivity contribution in [3.05, 3.63) is 27.7 Å². The molecule has 0 fully saturated rings. The first kappa shape index (κ1) is 17.6. The van der Waals surface area contributed by atoms with Crippen molar-refractivity contribution in [2.45, 2.75) is 20.4 Å². The minimum atomic E-state index is 0.194. The predicted octanol–water partition coefficient (Wildman–Crippen LogP) is 3.68. The average molecular weight is 319 g/mol. The largest absolute Gasteiger partial charge is 0.495 e. The smallest absolute Gasteiger partial charge is 0.142 e. The highest BCUT2D eigenvalue weighted by Crippen LogP contribution is 2.32. The van der Waals surface area contributed by atoms with Gasteiger partial charge in [0.1, 0.15) is 5.75 Å². The molecule has 1 N–H and O–H groups in total. The standard InChI is InChI=1S/C15H24Cl2N2O/c1-15(2,10-19(3)4)9-18-8-11-6-12(16)7-13(17)14(11)20-5/h6-7,18H,8-10H2,1-5H3. The molecule has 20 heavy (non-hydrogen) atoms. The SMILES string of the molecule is COc1c(Cl)cc(Cl)cc1CNCC(C)(C)CN(C)C. The summed E-state index contributed by atoms with van der Waals surface area (Å²) in [6.07, 6.45) is 0. The van der Waals surface area contributed by atoms with E-state index in [0.717, 1.165) is 18.7 Å². The van der Waals surface area contributed by atoms with E-state index < -0.39 is 0 Å². The normalized spacial score (nSPS) is 12.0. The molecule has 5 heteroatoms. The second-order valence-corrected chi connectivity index (χ2v) is 6.93. The van der Waals surface area contributed by atoms with Crippen molar-refractivity contribution in [3.8, 4) is 5.75 Å². The number of hydrogen-bond donors (Lipinski definition) is 1. The maximum absolute atomic E-state index is 6.13. The molecule has 0 aromatic heterocycles. The quantitative estimate of drug-likeness (QED) is 0.830. The van der Waals surface area contributed by atoms with Crippen LogP contribution >= 0.6 is 23.2 Å². The van der Waals surface area contributed by atoms with Crippen molar-refractivity contribution in [1.29, 1.82) is 0 Å². The molecule has 0 aliphatic heterocycles. The van der Waals surface area contributed by atoms with Gasteiger partial charge in [-0.3, -0.25) is 0 Å². The molecule has 1 aromatic rings. The van der Waals surface area contributed by atoms with Gasteiger partial charge in [0.15, 0.2) is 0 Å². The van der Waals surface area contributed by atoms with Crippen molar-refractivity contribution in [1.82, 2.24) is 10.2 Å². The monoisotopic (exact) mass is 318 g/mol. The van der Waals surface area contributed by atoms with Crippen LogP contribution in [0.15, 0.2) is 12.1 Å². The number of nitrogens with zero attached hydrogens (tertiary/aromatic N) is 1. The molecule has 114 valence electrons. The Morgan fingerprint density at radius 3 is 2.45 bits per heavy atom. The highest BCUT2D eigenvalue weighted by atomic mass is 35.5. The van der Waals surface area contributed by atoms with Gasteiger partial charge in [-0.2, -0.15) is 0 Å². The topological polar surface area (TPSA) is 24.5 Å². The molecule has 0 saturated carbocycles. The van der Waals surface area contributed by atoms with E-state index in [1.807, 2.05) is 6.07 Å². The molecule has 0 atom stereocenters. The maximum Gasteiger partial charge on any atom is 0.142 e. The summed E-state index contributed by atoms with van der Waals surface area (Å²) in [6.45, 7) is 7.08. The second-order valence-electron chi connectivity index (χ2n) is 6.09. The number of halogens is 2. The summed E-state index contributed by atoms with van der Waals surface area (Å²) in [5.41, 5.74) is 1.17. The lowest BCUT2D eigenvalue weighted by Crippen LogP contribution is -2.37. The van der Waals surface area contributed by atoms with Gasteiger partial charge in [-0.05, 0) is 31.6 Å². The van der Waals surface area contributed by atoms with E-state index >= 15 is 0 Å². The summed E-state index contributed by atoms with van der Waals surface area (Å²) < 4.78 is 5.34. The molecular formula is C15H24Cl2N2O. The lowest BCUT2D eigenvalue weighted by Gasteiger charge is -2.28.